The van der Waals surface area contributed by atoms with E-state index in [4.69, 9.17) is 4.74 Å². The van der Waals surface area contributed by atoms with Crippen LogP contribution in [0.4, 0.5) is 0 Å². The highest BCUT2D eigenvalue weighted by atomic mass is 16.6. The smallest absolute Gasteiger partial charge is 0.340 e. The molecule has 1 atom stereocenters. The van der Waals surface area contributed by atoms with Crippen molar-refractivity contribution >= 4 is 5.97 Å². The van der Waals surface area contributed by atoms with E-state index >= 15 is 0 Å². The van der Waals surface area contributed by atoms with Gasteiger partial charge in [-0.25, -0.2) is 4.79 Å². The van der Waals surface area contributed by atoms with Crippen LogP contribution in [0.5, 0.6) is 11.5 Å². The molecule has 1 heterocycles. The van der Waals surface area contributed by atoms with Gasteiger partial charge in [0, 0.05) is 22.3 Å². The third-order valence-corrected chi connectivity index (χ3v) is 5.53. The lowest BCUT2D eigenvalue weighted by Crippen LogP contribution is -2.29. The number of aromatic hydroxyl groups is 2. The van der Waals surface area contributed by atoms with E-state index in [-0.39, 0.29) is 11.5 Å². The van der Waals surface area contributed by atoms with Crippen LogP contribution in [-0.4, -0.2) is 16.2 Å². The van der Waals surface area contributed by atoms with E-state index < -0.39 is 11.6 Å². The first-order chi connectivity index (χ1) is 14.6. The van der Waals surface area contributed by atoms with Crippen LogP contribution < -0.4 is 0 Å². The molecular weight excluding hydrogens is 376 g/mol. The van der Waals surface area contributed by atoms with Gasteiger partial charge in [0.2, 0.25) is 0 Å². The third-order valence-electron chi connectivity index (χ3n) is 5.53. The lowest BCUT2D eigenvalue weighted by molar-refractivity contribution is 0.0251. The van der Waals surface area contributed by atoms with Crippen LogP contribution in [0.2, 0.25) is 0 Å². The quantitative estimate of drug-likeness (QED) is 0.467. The summed E-state index contributed by atoms with van der Waals surface area (Å²) in [5, 5.41) is 20.3. The van der Waals surface area contributed by atoms with E-state index in [0.717, 1.165) is 11.1 Å². The maximum Gasteiger partial charge on any atom is 0.340 e. The highest BCUT2D eigenvalue weighted by molar-refractivity contribution is 5.96. The van der Waals surface area contributed by atoms with Crippen LogP contribution in [0.15, 0.2) is 97.1 Å². The van der Waals surface area contributed by atoms with Crippen molar-refractivity contribution in [1.82, 2.24) is 0 Å². The Morgan fingerprint density at radius 3 is 2.10 bits per heavy atom. The second kappa shape index (κ2) is 6.78. The molecule has 4 aromatic rings. The molecule has 0 radical (unpaired) electrons. The van der Waals surface area contributed by atoms with Crippen LogP contribution in [0.3, 0.4) is 0 Å². The largest absolute Gasteiger partial charge is 0.508 e. The number of hydrogen-bond donors (Lipinski definition) is 2. The van der Waals surface area contributed by atoms with Crippen molar-refractivity contribution in [3.8, 4) is 22.6 Å². The molecule has 0 saturated heterocycles. The molecule has 2 N–H and O–H groups in total. The Labute approximate surface area is 173 Å². The number of rotatable bonds is 3. The van der Waals surface area contributed by atoms with Gasteiger partial charge in [0.25, 0.3) is 0 Å². The van der Waals surface area contributed by atoms with Gasteiger partial charge in [-0.05, 0) is 35.9 Å². The van der Waals surface area contributed by atoms with Crippen LogP contribution in [0, 0.1) is 0 Å². The van der Waals surface area contributed by atoms with Gasteiger partial charge in [-0.15, -0.1) is 0 Å². The molecule has 4 nitrogen and oxygen atoms in total. The Hall–Kier alpha value is -4.05. The molecule has 1 aliphatic rings. The average Bonchev–Trinajstić information content (AvgIpc) is 3.09. The summed E-state index contributed by atoms with van der Waals surface area (Å²) in [7, 11) is 0. The van der Waals surface area contributed by atoms with Crippen molar-refractivity contribution in [3.63, 3.8) is 0 Å². The van der Waals surface area contributed by atoms with Gasteiger partial charge in [0.05, 0.1) is 5.56 Å². The van der Waals surface area contributed by atoms with Gasteiger partial charge in [-0.3, -0.25) is 0 Å². The zero-order valence-corrected chi connectivity index (χ0v) is 15.9. The predicted octanol–water partition coefficient (Wildman–Crippen LogP) is 5.23. The summed E-state index contributed by atoms with van der Waals surface area (Å²) in [6, 6.07) is 28.7. The number of benzene rings is 4. The molecule has 0 aromatic heterocycles. The van der Waals surface area contributed by atoms with Crippen LogP contribution in [-0.2, 0) is 10.3 Å². The molecule has 0 aliphatic carbocycles. The lowest BCUT2D eigenvalue weighted by atomic mass is 9.79. The number of hydrogen-bond acceptors (Lipinski definition) is 4. The van der Waals surface area contributed by atoms with Crippen LogP contribution in [0.1, 0.15) is 27.0 Å². The molecule has 5 rings (SSSR count). The first-order valence-corrected chi connectivity index (χ1v) is 9.61. The van der Waals surface area contributed by atoms with E-state index in [2.05, 4.69) is 0 Å². The van der Waals surface area contributed by atoms with Gasteiger partial charge in [0.1, 0.15) is 11.5 Å². The average molecular weight is 394 g/mol. The number of fused-ring (bicyclic) bond motifs is 1. The summed E-state index contributed by atoms with van der Waals surface area (Å²) in [6.45, 7) is 0. The molecule has 0 spiro atoms. The summed E-state index contributed by atoms with van der Waals surface area (Å²) in [4.78, 5) is 12.8. The first kappa shape index (κ1) is 18.0. The van der Waals surface area contributed by atoms with Gasteiger partial charge in [-0.2, -0.15) is 0 Å². The Kier molecular flexibility index (Phi) is 4.07. The van der Waals surface area contributed by atoms with E-state index in [1.807, 2.05) is 48.5 Å². The van der Waals surface area contributed by atoms with Gasteiger partial charge >= 0.3 is 5.97 Å². The Bertz CT molecular complexity index is 1250. The second-order valence-corrected chi connectivity index (χ2v) is 7.26. The molecule has 4 aromatic carbocycles. The molecule has 1 unspecified atom stereocenters. The van der Waals surface area contributed by atoms with Crippen molar-refractivity contribution < 1.29 is 19.7 Å². The van der Waals surface area contributed by atoms with Crippen molar-refractivity contribution in [1.29, 1.82) is 0 Å². The normalized spacial score (nSPS) is 17.4. The highest BCUT2D eigenvalue weighted by Gasteiger charge is 2.48. The van der Waals surface area contributed by atoms with Gasteiger partial charge < -0.3 is 14.9 Å². The lowest BCUT2D eigenvalue weighted by Gasteiger charge is -2.31. The topological polar surface area (TPSA) is 66.8 Å². The van der Waals surface area contributed by atoms with Gasteiger partial charge in [-0.1, -0.05) is 66.7 Å². The fourth-order valence-electron chi connectivity index (χ4n) is 4.11. The number of esters is 1. The second-order valence-electron chi connectivity index (χ2n) is 7.26. The van der Waals surface area contributed by atoms with Crippen molar-refractivity contribution in [2.24, 2.45) is 0 Å². The minimum Gasteiger partial charge on any atom is -0.508 e. The molecule has 0 amide bonds. The van der Waals surface area contributed by atoms with Crippen molar-refractivity contribution in [2.75, 3.05) is 0 Å². The summed E-state index contributed by atoms with van der Waals surface area (Å²) >= 11 is 0. The number of phenols is 2. The number of phenolic OH excluding ortho intramolecular Hbond substituents is 2. The maximum absolute atomic E-state index is 12.8. The molecule has 30 heavy (non-hydrogen) atoms. The number of ether oxygens (including phenoxy) is 1. The van der Waals surface area contributed by atoms with Gasteiger partial charge in [0.15, 0.2) is 5.60 Å². The minimum absolute atomic E-state index is 0.127. The fourth-order valence-corrected chi connectivity index (χ4v) is 4.11. The molecule has 0 fully saturated rings. The highest BCUT2D eigenvalue weighted by Crippen LogP contribution is 2.48. The Balaban J connectivity index is 1.80. The van der Waals surface area contributed by atoms with Crippen LogP contribution >= 0.6 is 0 Å². The van der Waals surface area contributed by atoms with E-state index in [9.17, 15) is 15.0 Å². The predicted molar refractivity (Wildman–Crippen MR) is 113 cm³/mol. The Morgan fingerprint density at radius 1 is 0.667 bits per heavy atom. The van der Waals surface area contributed by atoms with Crippen molar-refractivity contribution in [3.05, 3.63) is 119 Å². The summed E-state index contributed by atoms with van der Waals surface area (Å²) in [6.07, 6.45) is 0. The standard InChI is InChI=1S/C26H18O4/c27-20-13-10-18(11-14-20)26(23-9-5-4-8-21(23)25(29)30-26)19-12-15-24(28)22(16-19)17-6-2-1-3-7-17/h1-16,27-28H. The first-order valence-electron chi connectivity index (χ1n) is 9.61. The van der Waals surface area contributed by atoms with Crippen LogP contribution in [0.25, 0.3) is 11.1 Å². The molecule has 1 aliphatic heterocycles. The molecule has 146 valence electrons. The maximum atomic E-state index is 12.8. The number of cyclic esters (lactones) is 1. The molecule has 0 saturated carbocycles. The van der Waals surface area contributed by atoms with E-state index in [1.165, 1.54) is 0 Å². The summed E-state index contributed by atoms with van der Waals surface area (Å²) < 4.78 is 6.06. The number of carbonyl (C=O) groups is 1. The summed E-state index contributed by atoms with van der Waals surface area (Å²) in [5.41, 5.74) is 2.97. The fraction of sp³-hybridized carbons (Fsp3) is 0.0385. The molecular formula is C26H18O4. The zero-order chi connectivity index (χ0) is 20.7. The van der Waals surface area contributed by atoms with E-state index in [0.29, 0.717) is 22.3 Å². The monoisotopic (exact) mass is 394 g/mol. The SMILES string of the molecule is O=C1OC(c2ccc(O)cc2)(c2ccc(O)c(-c3ccccc3)c2)c2ccccc21. The zero-order valence-electron chi connectivity index (χ0n) is 15.9. The number of carbonyl (C=O) groups excluding carboxylic acids is 1. The minimum atomic E-state index is -1.18. The van der Waals surface area contributed by atoms with Crippen molar-refractivity contribution in [2.45, 2.75) is 5.60 Å². The van der Waals surface area contributed by atoms with E-state index in [1.54, 1.807) is 48.5 Å². The summed E-state index contributed by atoms with van der Waals surface area (Å²) in [5.74, 6) is -0.140. The Morgan fingerprint density at radius 2 is 1.33 bits per heavy atom. The molecule has 4 heteroatoms. The molecule has 0 bridgehead atoms. The third kappa shape index (κ3) is 2.65.